The van der Waals surface area contributed by atoms with E-state index in [1.54, 1.807) is 22.9 Å². The van der Waals surface area contributed by atoms with E-state index in [4.69, 9.17) is 9.84 Å². The molecule has 0 bridgehead atoms. The summed E-state index contributed by atoms with van der Waals surface area (Å²) in [5.41, 5.74) is 5.19. The van der Waals surface area contributed by atoms with Crippen LogP contribution < -0.4 is 10.1 Å². The fourth-order valence-corrected chi connectivity index (χ4v) is 4.77. The summed E-state index contributed by atoms with van der Waals surface area (Å²) in [5.74, 6) is 1.64. The van der Waals surface area contributed by atoms with E-state index >= 15 is 0 Å². The molecule has 0 spiro atoms. The summed E-state index contributed by atoms with van der Waals surface area (Å²) in [6.07, 6.45) is 0. The standard InChI is InChI=1S/C22H23N3O3S/c1-4-28-20-11-6-5-9-16(20)22(26)23-21-17-12-29(27)13-18(17)24-25(21)19-10-7-8-14(2)15(19)3/h5-11H,4,12-13H2,1-3H3,(H,23,26). The zero-order valence-electron chi connectivity index (χ0n) is 16.7. The van der Waals surface area contributed by atoms with Crippen LogP contribution in [0.2, 0.25) is 0 Å². The maximum atomic E-state index is 13.1. The molecule has 0 fully saturated rings. The summed E-state index contributed by atoms with van der Waals surface area (Å²) >= 11 is 0. The minimum atomic E-state index is -0.991. The first-order chi connectivity index (χ1) is 14.0. The van der Waals surface area contributed by atoms with E-state index in [-0.39, 0.29) is 5.91 Å². The summed E-state index contributed by atoms with van der Waals surface area (Å²) in [6, 6.07) is 13.1. The molecule has 150 valence electrons. The summed E-state index contributed by atoms with van der Waals surface area (Å²) < 4.78 is 19.5. The van der Waals surface area contributed by atoms with Crippen LogP contribution in [-0.2, 0) is 22.3 Å². The predicted molar refractivity (Wildman–Crippen MR) is 114 cm³/mol. The van der Waals surface area contributed by atoms with Crippen molar-refractivity contribution in [3.05, 3.63) is 70.4 Å². The fourth-order valence-electron chi connectivity index (χ4n) is 3.51. The number of benzene rings is 2. The van der Waals surface area contributed by atoms with Crippen LogP contribution in [0.4, 0.5) is 5.82 Å². The highest BCUT2D eigenvalue weighted by atomic mass is 32.2. The van der Waals surface area contributed by atoms with Gasteiger partial charge in [0, 0.05) is 16.4 Å². The van der Waals surface area contributed by atoms with E-state index in [2.05, 4.69) is 5.32 Å². The number of hydrogen-bond acceptors (Lipinski definition) is 4. The molecule has 7 heteroatoms. The smallest absolute Gasteiger partial charge is 0.260 e. The maximum absolute atomic E-state index is 13.1. The third-order valence-electron chi connectivity index (χ3n) is 5.14. The quantitative estimate of drug-likeness (QED) is 0.694. The molecular weight excluding hydrogens is 386 g/mol. The molecule has 1 atom stereocenters. The van der Waals surface area contributed by atoms with E-state index in [0.717, 1.165) is 28.1 Å². The molecule has 1 N–H and O–H groups in total. The third kappa shape index (κ3) is 3.58. The molecule has 6 nitrogen and oxygen atoms in total. The topological polar surface area (TPSA) is 73.2 Å². The van der Waals surface area contributed by atoms with E-state index < -0.39 is 10.8 Å². The number of rotatable bonds is 5. The molecule has 0 aliphatic carbocycles. The second-order valence-corrected chi connectivity index (χ2v) is 8.47. The molecule has 1 unspecified atom stereocenters. The Morgan fingerprint density at radius 2 is 1.97 bits per heavy atom. The Kier molecular flexibility index (Phi) is 5.24. The second kappa shape index (κ2) is 7.83. The Balaban J connectivity index is 1.79. The Bertz CT molecular complexity index is 1120. The van der Waals surface area contributed by atoms with Crippen molar-refractivity contribution in [2.24, 2.45) is 0 Å². The summed E-state index contributed by atoms with van der Waals surface area (Å²) in [5, 5.41) is 7.72. The van der Waals surface area contributed by atoms with Crippen molar-refractivity contribution >= 4 is 22.5 Å². The molecule has 2 aromatic carbocycles. The zero-order chi connectivity index (χ0) is 20.5. The molecule has 1 aliphatic rings. The van der Waals surface area contributed by atoms with Crippen molar-refractivity contribution in [3.8, 4) is 11.4 Å². The van der Waals surface area contributed by atoms with Crippen molar-refractivity contribution in [2.75, 3.05) is 11.9 Å². The van der Waals surface area contributed by atoms with Crippen molar-refractivity contribution < 1.29 is 13.7 Å². The van der Waals surface area contributed by atoms with Gasteiger partial charge in [-0.05, 0) is 50.1 Å². The van der Waals surface area contributed by atoms with Crippen LogP contribution in [0.15, 0.2) is 42.5 Å². The number of para-hydroxylation sites is 1. The zero-order valence-corrected chi connectivity index (χ0v) is 17.5. The molecule has 2 heterocycles. The van der Waals surface area contributed by atoms with Gasteiger partial charge in [0.05, 0.1) is 35.1 Å². The van der Waals surface area contributed by atoms with Gasteiger partial charge in [-0.15, -0.1) is 0 Å². The molecule has 0 radical (unpaired) electrons. The van der Waals surface area contributed by atoms with Gasteiger partial charge in [-0.3, -0.25) is 9.00 Å². The fraction of sp³-hybridized carbons (Fsp3) is 0.273. The first kappa shape index (κ1) is 19.4. The number of anilines is 1. The van der Waals surface area contributed by atoms with Gasteiger partial charge in [-0.1, -0.05) is 24.3 Å². The minimum absolute atomic E-state index is 0.277. The van der Waals surface area contributed by atoms with Crippen LogP contribution in [-0.4, -0.2) is 26.5 Å². The number of carbonyl (C=O) groups is 1. The highest BCUT2D eigenvalue weighted by Crippen LogP contribution is 2.33. The van der Waals surface area contributed by atoms with Crippen molar-refractivity contribution in [1.29, 1.82) is 0 Å². The van der Waals surface area contributed by atoms with Gasteiger partial charge in [0.25, 0.3) is 5.91 Å². The number of ether oxygens (including phenoxy) is 1. The van der Waals surface area contributed by atoms with E-state index in [0.29, 0.717) is 35.2 Å². The van der Waals surface area contributed by atoms with Gasteiger partial charge in [-0.25, -0.2) is 4.68 Å². The van der Waals surface area contributed by atoms with Crippen LogP contribution in [0, 0.1) is 13.8 Å². The number of aromatic nitrogens is 2. The average molecular weight is 410 g/mol. The number of carbonyl (C=O) groups excluding carboxylic acids is 1. The van der Waals surface area contributed by atoms with Crippen molar-refractivity contribution in [2.45, 2.75) is 32.3 Å². The third-order valence-corrected chi connectivity index (χ3v) is 6.34. The number of nitrogens with zero attached hydrogens (tertiary/aromatic N) is 2. The largest absolute Gasteiger partial charge is 0.493 e. The molecule has 0 saturated heterocycles. The number of fused-ring (bicyclic) bond motifs is 1. The summed E-state index contributed by atoms with van der Waals surface area (Å²) in [7, 11) is -0.991. The van der Waals surface area contributed by atoms with Crippen LogP contribution in [0.3, 0.4) is 0 Å². The van der Waals surface area contributed by atoms with Gasteiger partial charge in [0.15, 0.2) is 0 Å². The SMILES string of the molecule is CCOc1ccccc1C(=O)Nc1c2c(nn1-c1cccc(C)c1C)CS(=O)C2. The Labute approximate surface area is 172 Å². The number of nitrogens with one attached hydrogen (secondary N) is 1. The molecule has 3 aromatic rings. The average Bonchev–Trinajstić information content (AvgIpc) is 3.21. The first-order valence-corrected chi connectivity index (χ1v) is 11.0. The van der Waals surface area contributed by atoms with Crippen LogP contribution in [0.1, 0.15) is 39.7 Å². The maximum Gasteiger partial charge on any atom is 0.260 e. The lowest BCUT2D eigenvalue weighted by molar-refractivity contribution is 0.102. The molecule has 4 rings (SSSR count). The molecule has 1 aromatic heterocycles. The highest BCUT2D eigenvalue weighted by Gasteiger charge is 2.29. The molecule has 0 saturated carbocycles. The van der Waals surface area contributed by atoms with Crippen molar-refractivity contribution in [3.63, 3.8) is 0 Å². The number of amides is 1. The molecule has 1 amide bonds. The van der Waals surface area contributed by atoms with Gasteiger partial charge in [0.2, 0.25) is 0 Å². The first-order valence-electron chi connectivity index (χ1n) is 9.55. The van der Waals surface area contributed by atoms with E-state index in [9.17, 15) is 9.00 Å². The molecule has 1 aliphatic heterocycles. The van der Waals surface area contributed by atoms with Crippen LogP contribution in [0.5, 0.6) is 5.75 Å². The lowest BCUT2D eigenvalue weighted by Crippen LogP contribution is -2.18. The van der Waals surface area contributed by atoms with Gasteiger partial charge in [0.1, 0.15) is 11.6 Å². The van der Waals surface area contributed by atoms with Crippen LogP contribution in [0.25, 0.3) is 5.69 Å². The lowest BCUT2D eigenvalue weighted by Gasteiger charge is -2.15. The summed E-state index contributed by atoms with van der Waals surface area (Å²) in [4.78, 5) is 13.1. The van der Waals surface area contributed by atoms with E-state index in [1.165, 1.54) is 0 Å². The van der Waals surface area contributed by atoms with Crippen LogP contribution >= 0.6 is 0 Å². The Morgan fingerprint density at radius 3 is 2.76 bits per heavy atom. The Hall–Kier alpha value is -2.93. The van der Waals surface area contributed by atoms with E-state index in [1.807, 2.05) is 45.0 Å². The lowest BCUT2D eigenvalue weighted by atomic mass is 10.1. The number of hydrogen-bond donors (Lipinski definition) is 1. The Morgan fingerprint density at radius 1 is 1.17 bits per heavy atom. The normalized spacial score (nSPS) is 15.2. The molecule has 29 heavy (non-hydrogen) atoms. The second-order valence-electron chi connectivity index (χ2n) is 7.02. The van der Waals surface area contributed by atoms with Gasteiger partial charge in [-0.2, -0.15) is 5.10 Å². The minimum Gasteiger partial charge on any atom is -0.493 e. The van der Waals surface area contributed by atoms with Gasteiger partial charge >= 0.3 is 0 Å². The predicted octanol–water partition coefficient (Wildman–Crippen LogP) is 3.90. The molecular formula is C22H23N3O3S. The van der Waals surface area contributed by atoms with Crippen molar-refractivity contribution in [1.82, 2.24) is 9.78 Å². The highest BCUT2D eigenvalue weighted by molar-refractivity contribution is 7.83. The summed E-state index contributed by atoms with van der Waals surface area (Å²) in [6.45, 7) is 6.43. The number of aryl methyl sites for hydroxylation is 1. The monoisotopic (exact) mass is 409 g/mol. The van der Waals surface area contributed by atoms with Gasteiger partial charge < -0.3 is 10.1 Å².